The lowest BCUT2D eigenvalue weighted by molar-refractivity contribution is 0.409. The first kappa shape index (κ1) is 15.4. The van der Waals surface area contributed by atoms with Gasteiger partial charge in [-0.15, -0.1) is 0 Å². The van der Waals surface area contributed by atoms with Gasteiger partial charge in [-0.2, -0.15) is 0 Å². The average Bonchev–Trinajstić information content (AvgIpc) is 2.45. The number of hydrogen-bond acceptors (Lipinski definition) is 2. The molecule has 0 fully saturated rings. The number of hydrogen-bond donors (Lipinski definition) is 1. The summed E-state index contributed by atoms with van der Waals surface area (Å²) in [6.45, 7) is 7.84. The zero-order chi connectivity index (χ0) is 15.6. The maximum atomic E-state index is 13.7. The number of methoxy groups -OCH3 is 1. The van der Waals surface area contributed by atoms with E-state index in [1.54, 1.807) is 20.1 Å². The molecule has 1 N–H and O–H groups in total. The second-order valence-electron chi connectivity index (χ2n) is 5.46. The summed E-state index contributed by atoms with van der Waals surface area (Å²) in [5, 5.41) is 3.43. The molecule has 0 amide bonds. The summed E-state index contributed by atoms with van der Waals surface area (Å²) in [7, 11) is 1.68. The van der Waals surface area contributed by atoms with E-state index in [9.17, 15) is 4.39 Å². The van der Waals surface area contributed by atoms with E-state index in [0.29, 0.717) is 5.56 Å². The van der Waals surface area contributed by atoms with Crippen molar-refractivity contribution in [1.82, 2.24) is 0 Å². The monoisotopic (exact) mass is 287 g/mol. The minimum Gasteiger partial charge on any atom is -0.496 e. The van der Waals surface area contributed by atoms with E-state index in [0.717, 1.165) is 28.1 Å². The fraction of sp³-hybridized carbons (Fsp3) is 0.333. The Balaban J connectivity index is 2.27. The number of ether oxygens (including phenoxy) is 1. The molecule has 1 unspecified atom stereocenters. The average molecular weight is 287 g/mol. The van der Waals surface area contributed by atoms with Crippen molar-refractivity contribution in [1.29, 1.82) is 0 Å². The van der Waals surface area contributed by atoms with Crippen LogP contribution in [0.1, 0.15) is 35.2 Å². The highest BCUT2D eigenvalue weighted by Gasteiger charge is 2.12. The molecule has 0 bridgehead atoms. The lowest BCUT2D eigenvalue weighted by Crippen LogP contribution is -2.09. The molecular weight excluding hydrogens is 265 g/mol. The van der Waals surface area contributed by atoms with E-state index in [-0.39, 0.29) is 11.9 Å². The Morgan fingerprint density at radius 2 is 1.71 bits per heavy atom. The molecule has 0 aliphatic carbocycles. The van der Waals surface area contributed by atoms with Gasteiger partial charge in [-0.3, -0.25) is 0 Å². The molecule has 0 saturated heterocycles. The molecule has 0 aliphatic rings. The maximum Gasteiger partial charge on any atom is 0.126 e. The highest BCUT2D eigenvalue weighted by Crippen LogP contribution is 2.31. The zero-order valence-corrected chi connectivity index (χ0v) is 13.3. The molecule has 2 aromatic rings. The fourth-order valence-electron chi connectivity index (χ4n) is 2.49. The largest absolute Gasteiger partial charge is 0.496 e. The molecule has 1 atom stereocenters. The van der Waals surface area contributed by atoms with Crippen molar-refractivity contribution in [3.8, 4) is 5.75 Å². The Morgan fingerprint density at radius 1 is 1.05 bits per heavy atom. The number of halogens is 1. The van der Waals surface area contributed by atoms with Gasteiger partial charge >= 0.3 is 0 Å². The van der Waals surface area contributed by atoms with Crippen LogP contribution in [0.5, 0.6) is 5.75 Å². The van der Waals surface area contributed by atoms with Gasteiger partial charge in [0.05, 0.1) is 7.11 Å². The molecule has 0 saturated carbocycles. The predicted octanol–water partition coefficient (Wildman–Crippen LogP) is 4.93. The summed E-state index contributed by atoms with van der Waals surface area (Å²) in [6, 6.07) is 9.44. The third-order valence-corrected chi connectivity index (χ3v) is 3.87. The minimum atomic E-state index is -0.167. The lowest BCUT2D eigenvalue weighted by atomic mass is 10.0. The molecular formula is C18H22FNO. The van der Waals surface area contributed by atoms with Crippen LogP contribution in [-0.4, -0.2) is 7.11 Å². The van der Waals surface area contributed by atoms with Gasteiger partial charge < -0.3 is 10.1 Å². The van der Waals surface area contributed by atoms with Gasteiger partial charge in [-0.05, 0) is 56.5 Å². The van der Waals surface area contributed by atoms with Crippen molar-refractivity contribution in [2.24, 2.45) is 0 Å². The van der Waals surface area contributed by atoms with Crippen molar-refractivity contribution < 1.29 is 9.13 Å². The summed E-state index contributed by atoms with van der Waals surface area (Å²) in [5.41, 5.74) is 4.77. The fourth-order valence-corrected chi connectivity index (χ4v) is 2.49. The maximum absolute atomic E-state index is 13.7. The summed E-state index contributed by atoms with van der Waals surface area (Å²) in [6.07, 6.45) is 0. The highest BCUT2D eigenvalue weighted by molar-refractivity contribution is 5.60. The number of anilines is 1. The Labute approximate surface area is 126 Å². The smallest absolute Gasteiger partial charge is 0.126 e. The molecule has 0 aromatic heterocycles. The van der Waals surface area contributed by atoms with Crippen molar-refractivity contribution in [2.75, 3.05) is 12.4 Å². The van der Waals surface area contributed by atoms with Crippen molar-refractivity contribution in [3.63, 3.8) is 0 Å². The Morgan fingerprint density at radius 3 is 2.33 bits per heavy atom. The third kappa shape index (κ3) is 3.18. The molecule has 3 heteroatoms. The van der Waals surface area contributed by atoms with E-state index in [4.69, 9.17) is 4.74 Å². The second kappa shape index (κ2) is 6.17. The summed E-state index contributed by atoms with van der Waals surface area (Å²) in [4.78, 5) is 0. The van der Waals surface area contributed by atoms with Crippen LogP contribution in [0.4, 0.5) is 10.1 Å². The number of benzene rings is 2. The van der Waals surface area contributed by atoms with E-state index >= 15 is 0 Å². The normalized spacial score (nSPS) is 12.1. The molecule has 0 heterocycles. The number of aryl methyl sites for hydroxylation is 2. The summed E-state index contributed by atoms with van der Waals surface area (Å²) >= 11 is 0. The van der Waals surface area contributed by atoms with Crippen LogP contribution in [-0.2, 0) is 0 Å². The lowest BCUT2D eigenvalue weighted by Gasteiger charge is -2.20. The van der Waals surface area contributed by atoms with Gasteiger partial charge in [0.2, 0.25) is 0 Å². The Hall–Kier alpha value is -2.03. The van der Waals surface area contributed by atoms with E-state index < -0.39 is 0 Å². The molecule has 112 valence electrons. The SMILES string of the molecule is COc1c(C)ccc(NC(C)c2ccc(C)c(F)c2)c1C. The van der Waals surface area contributed by atoms with Gasteiger partial charge in [0, 0.05) is 17.3 Å². The molecule has 2 nitrogen and oxygen atoms in total. The van der Waals surface area contributed by atoms with E-state index in [1.165, 1.54) is 0 Å². The van der Waals surface area contributed by atoms with Crippen LogP contribution in [0.3, 0.4) is 0 Å². The second-order valence-corrected chi connectivity index (χ2v) is 5.46. The summed E-state index contributed by atoms with van der Waals surface area (Å²) < 4.78 is 19.1. The predicted molar refractivity (Wildman–Crippen MR) is 85.6 cm³/mol. The van der Waals surface area contributed by atoms with Crippen LogP contribution in [0.2, 0.25) is 0 Å². The van der Waals surface area contributed by atoms with Crippen LogP contribution >= 0.6 is 0 Å². The molecule has 2 rings (SSSR count). The van der Waals surface area contributed by atoms with Crippen LogP contribution in [0.15, 0.2) is 30.3 Å². The number of nitrogens with one attached hydrogen (secondary N) is 1. The highest BCUT2D eigenvalue weighted by atomic mass is 19.1. The minimum absolute atomic E-state index is 0.0196. The third-order valence-electron chi connectivity index (χ3n) is 3.87. The van der Waals surface area contributed by atoms with Gasteiger partial charge in [0.25, 0.3) is 0 Å². The first-order valence-corrected chi connectivity index (χ1v) is 7.10. The molecule has 0 radical (unpaired) electrons. The summed E-state index contributed by atoms with van der Waals surface area (Å²) in [5.74, 6) is 0.724. The van der Waals surface area contributed by atoms with Gasteiger partial charge in [-0.25, -0.2) is 4.39 Å². The first-order valence-electron chi connectivity index (χ1n) is 7.10. The zero-order valence-electron chi connectivity index (χ0n) is 13.3. The number of rotatable bonds is 4. The van der Waals surface area contributed by atoms with Crippen molar-refractivity contribution in [2.45, 2.75) is 33.7 Å². The molecule has 2 aromatic carbocycles. The van der Waals surface area contributed by atoms with Crippen molar-refractivity contribution >= 4 is 5.69 Å². The van der Waals surface area contributed by atoms with Crippen LogP contribution in [0.25, 0.3) is 0 Å². The Kier molecular flexibility index (Phi) is 4.51. The van der Waals surface area contributed by atoms with Crippen LogP contribution < -0.4 is 10.1 Å². The first-order chi connectivity index (χ1) is 9.93. The van der Waals surface area contributed by atoms with Crippen molar-refractivity contribution in [3.05, 3.63) is 58.4 Å². The van der Waals surface area contributed by atoms with E-state index in [2.05, 4.69) is 5.32 Å². The van der Waals surface area contributed by atoms with Gasteiger partial charge in [0.1, 0.15) is 11.6 Å². The Bertz CT molecular complexity index is 652. The topological polar surface area (TPSA) is 21.3 Å². The quantitative estimate of drug-likeness (QED) is 0.860. The standard InChI is InChI=1S/C18H22FNO/c1-11-6-8-15(10-16(11)19)14(4)20-17-9-7-12(2)18(21-5)13(17)3/h6-10,14,20H,1-5H3. The van der Waals surface area contributed by atoms with Crippen LogP contribution in [0, 0.1) is 26.6 Å². The molecule has 0 spiro atoms. The molecule has 21 heavy (non-hydrogen) atoms. The van der Waals surface area contributed by atoms with Gasteiger partial charge in [0.15, 0.2) is 0 Å². The van der Waals surface area contributed by atoms with E-state index in [1.807, 2.05) is 45.0 Å². The van der Waals surface area contributed by atoms with Gasteiger partial charge in [-0.1, -0.05) is 18.2 Å². The molecule has 0 aliphatic heterocycles.